The molecule has 2 amide bonds. The number of aromatic hydroxyl groups is 1. The van der Waals surface area contributed by atoms with E-state index in [1.807, 2.05) is 6.92 Å². The summed E-state index contributed by atoms with van der Waals surface area (Å²) in [7, 11) is 0. The van der Waals surface area contributed by atoms with Gasteiger partial charge in [-0.1, -0.05) is 11.6 Å². The molecule has 0 bridgehead atoms. The first-order chi connectivity index (χ1) is 9.06. The van der Waals surface area contributed by atoms with Crippen molar-refractivity contribution in [3.63, 3.8) is 0 Å². The van der Waals surface area contributed by atoms with E-state index in [1.54, 1.807) is 12.1 Å². The Kier molecular flexibility index (Phi) is 4.04. The molecule has 19 heavy (non-hydrogen) atoms. The number of carbonyl (C=O) groups is 2. The average Bonchev–Trinajstić information content (AvgIpc) is 3.16. The lowest BCUT2D eigenvalue weighted by atomic mass is 10.1. The van der Waals surface area contributed by atoms with Crippen LogP contribution in [0.1, 0.15) is 35.2 Å². The van der Waals surface area contributed by atoms with Gasteiger partial charge in [0.25, 0.3) is 5.91 Å². The Hall–Kier alpha value is -2.04. The minimum Gasteiger partial charge on any atom is -0.507 e. The van der Waals surface area contributed by atoms with Gasteiger partial charge in [0.15, 0.2) is 0 Å². The van der Waals surface area contributed by atoms with Crippen LogP contribution in [0.2, 0.25) is 0 Å². The van der Waals surface area contributed by atoms with Gasteiger partial charge in [0.05, 0.1) is 5.56 Å². The zero-order valence-corrected chi connectivity index (χ0v) is 10.9. The molecule has 1 aliphatic rings. The summed E-state index contributed by atoms with van der Waals surface area (Å²) in [6.07, 6.45) is 2.36. The summed E-state index contributed by atoms with van der Waals surface area (Å²) in [5.41, 5.74) is 1.14. The van der Waals surface area contributed by atoms with Crippen LogP contribution in [-0.2, 0) is 4.79 Å². The van der Waals surface area contributed by atoms with Crippen molar-refractivity contribution in [1.29, 1.82) is 0 Å². The number of rotatable bonds is 5. The summed E-state index contributed by atoms with van der Waals surface area (Å²) in [5, 5.41) is 15.1. The van der Waals surface area contributed by atoms with E-state index in [1.165, 1.54) is 6.07 Å². The van der Waals surface area contributed by atoms with Gasteiger partial charge in [-0.25, -0.2) is 0 Å². The minimum atomic E-state index is -0.361. The van der Waals surface area contributed by atoms with Crippen molar-refractivity contribution >= 4 is 11.8 Å². The van der Waals surface area contributed by atoms with Crippen LogP contribution in [-0.4, -0.2) is 29.5 Å². The third-order valence-corrected chi connectivity index (χ3v) is 2.98. The van der Waals surface area contributed by atoms with Gasteiger partial charge in [0, 0.05) is 19.0 Å². The van der Waals surface area contributed by atoms with Gasteiger partial charge >= 0.3 is 0 Å². The first kappa shape index (κ1) is 13.4. The Morgan fingerprint density at radius 1 is 1.37 bits per heavy atom. The van der Waals surface area contributed by atoms with Gasteiger partial charge in [0.2, 0.25) is 5.91 Å². The van der Waals surface area contributed by atoms with Gasteiger partial charge in [-0.05, 0) is 31.9 Å². The predicted octanol–water partition coefficient (Wildman–Crippen LogP) is 1.10. The Morgan fingerprint density at radius 3 is 2.79 bits per heavy atom. The number of hydrogen-bond donors (Lipinski definition) is 3. The number of amides is 2. The second-order valence-electron chi connectivity index (χ2n) is 4.87. The van der Waals surface area contributed by atoms with Crippen LogP contribution in [0.5, 0.6) is 5.75 Å². The summed E-state index contributed by atoms with van der Waals surface area (Å²) in [5.74, 6) is -0.456. The topological polar surface area (TPSA) is 78.4 Å². The lowest BCUT2D eigenvalue weighted by Crippen LogP contribution is -2.31. The highest BCUT2D eigenvalue weighted by Crippen LogP contribution is 2.19. The van der Waals surface area contributed by atoms with Crippen molar-refractivity contribution in [1.82, 2.24) is 10.6 Å². The van der Waals surface area contributed by atoms with E-state index in [2.05, 4.69) is 10.6 Å². The van der Waals surface area contributed by atoms with Crippen LogP contribution in [0.15, 0.2) is 18.2 Å². The van der Waals surface area contributed by atoms with Crippen molar-refractivity contribution in [2.24, 2.45) is 0 Å². The molecule has 0 radical (unpaired) electrons. The monoisotopic (exact) mass is 262 g/mol. The zero-order valence-electron chi connectivity index (χ0n) is 10.9. The van der Waals surface area contributed by atoms with Crippen molar-refractivity contribution < 1.29 is 14.7 Å². The van der Waals surface area contributed by atoms with Crippen LogP contribution < -0.4 is 10.6 Å². The summed E-state index contributed by atoms with van der Waals surface area (Å²) < 4.78 is 0. The van der Waals surface area contributed by atoms with Gasteiger partial charge < -0.3 is 15.7 Å². The average molecular weight is 262 g/mol. The van der Waals surface area contributed by atoms with Crippen LogP contribution in [0.4, 0.5) is 0 Å². The highest BCUT2D eigenvalue weighted by Gasteiger charge is 2.22. The first-order valence-corrected chi connectivity index (χ1v) is 6.43. The molecule has 0 aromatic heterocycles. The Balaban J connectivity index is 1.80. The maximum absolute atomic E-state index is 11.8. The fraction of sp³-hybridized carbons (Fsp3) is 0.429. The molecule has 102 valence electrons. The SMILES string of the molecule is Cc1ccc(O)c(C(=O)NCCC(=O)NC2CC2)c1. The largest absolute Gasteiger partial charge is 0.507 e. The third-order valence-electron chi connectivity index (χ3n) is 2.98. The second kappa shape index (κ2) is 5.73. The van der Waals surface area contributed by atoms with Gasteiger partial charge in [-0.3, -0.25) is 9.59 Å². The molecule has 2 rings (SSSR count). The number of phenols is 1. The van der Waals surface area contributed by atoms with Crippen molar-refractivity contribution in [3.05, 3.63) is 29.3 Å². The molecule has 1 saturated carbocycles. The van der Waals surface area contributed by atoms with E-state index in [0.29, 0.717) is 6.04 Å². The molecule has 5 nitrogen and oxygen atoms in total. The molecule has 1 aromatic carbocycles. The number of benzene rings is 1. The van der Waals surface area contributed by atoms with E-state index in [4.69, 9.17) is 0 Å². The fourth-order valence-electron chi connectivity index (χ4n) is 1.74. The molecule has 0 saturated heterocycles. The number of phenolic OH excluding ortho intramolecular Hbond substituents is 1. The Morgan fingerprint density at radius 2 is 2.11 bits per heavy atom. The van der Waals surface area contributed by atoms with Gasteiger partial charge in [0.1, 0.15) is 5.75 Å². The highest BCUT2D eigenvalue weighted by atomic mass is 16.3. The lowest BCUT2D eigenvalue weighted by molar-refractivity contribution is -0.121. The van der Waals surface area contributed by atoms with Crippen molar-refractivity contribution in [2.75, 3.05) is 6.54 Å². The molecular formula is C14H18N2O3. The summed E-state index contributed by atoms with van der Waals surface area (Å²) >= 11 is 0. The molecule has 0 unspecified atom stereocenters. The minimum absolute atomic E-state index is 0.0451. The summed E-state index contributed by atoms with van der Waals surface area (Å²) in [4.78, 5) is 23.3. The van der Waals surface area contributed by atoms with Crippen LogP contribution in [0.25, 0.3) is 0 Å². The number of carbonyl (C=O) groups excluding carboxylic acids is 2. The predicted molar refractivity (Wildman–Crippen MR) is 71.0 cm³/mol. The first-order valence-electron chi connectivity index (χ1n) is 6.43. The van der Waals surface area contributed by atoms with E-state index in [9.17, 15) is 14.7 Å². The number of nitrogens with one attached hydrogen (secondary N) is 2. The molecule has 1 aromatic rings. The maximum Gasteiger partial charge on any atom is 0.255 e. The van der Waals surface area contributed by atoms with Crippen LogP contribution in [0, 0.1) is 6.92 Å². The highest BCUT2D eigenvalue weighted by molar-refractivity contribution is 5.97. The fourth-order valence-corrected chi connectivity index (χ4v) is 1.74. The number of aryl methyl sites for hydroxylation is 1. The van der Waals surface area contributed by atoms with E-state index >= 15 is 0 Å². The maximum atomic E-state index is 11.8. The quantitative estimate of drug-likeness (QED) is 0.743. The molecular weight excluding hydrogens is 244 g/mol. The normalized spacial score (nSPS) is 13.9. The molecule has 0 atom stereocenters. The second-order valence-corrected chi connectivity index (χ2v) is 4.87. The standard InChI is InChI=1S/C14H18N2O3/c1-9-2-5-12(17)11(8-9)14(19)15-7-6-13(18)16-10-3-4-10/h2,5,8,10,17H,3-4,6-7H2,1H3,(H,15,19)(H,16,18). The smallest absolute Gasteiger partial charge is 0.255 e. The van der Waals surface area contributed by atoms with Gasteiger partial charge in [-0.2, -0.15) is 0 Å². The van der Waals surface area contributed by atoms with Gasteiger partial charge in [-0.15, -0.1) is 0 Å². The van der Waals surface area contributed by atoms with Crippen molar-refractivity contribution in [3.8, 4) is 5.75 Å². The van der Waals surface area contributed by atoms with E-state index < -0.39 is 0 Å². The molecule has 0 aliphatic heterocycles. The van der Waals surface area contributed by atoms with Crippen molar-refractivity contribution in [2.45, 2.75) is 32.2 Å². The molecule has 1 aliphatic carbocycles. The Labute approximate surface area is 112 Å². The molecule has 1 fully saturated rings. The molecule has 0 heterocycles. The van der Waals surface area contributed by atoms with E-state index in [-0.39, 0.29) is 36.1 Å². The Bertz CT molecular complexity index is 495. The summed E-state index contributed by atoms with van der Waals surface area (Å²) in [6.45, 7) is 2.12. The molecule has 0 spiro atoms. The van der Waals surface area contributed by atoms with Crippen LogP contribution in [0.3, 0.4) is 0 Å². The summed E-state index contributed by atoms with van der Waals surface area (Å²) in [6, 6.07) is 5.18. The zero-order chi connectivity index (χ0) is 13.8. The lowest BCUT2D eigenvalue weighted by Gasteiger charge is -2.08. The molecule has 5 heteroatoms. The third kappa shape index (κ3) is 3.98. The molecule has 3 N–H and O–H groups in total. The van der Waals surface area contributed by atoms with Crippen LogP contribution >= 0.6 is 0 Å². The van der Waals surface area contributed by atoms with E-state index in [0.717, 1.165) is 18.4 Å². The number of hydrogen-bond acceptors (Lipinski definition) is 3.